The van der Waals surface area contributed by atoms with Crippen molar-refractivity contribution in [2.45, 2.75) is 12.5 Å². The van der Waals surface area contributed by atoms with Crippen LogP contribution in [0.1, 0.15) is 18.0 Å². The molecule has 0 fully saturated rings. The van der Waals surface area contributed by atoms with Gasteiger partial charge in [-0.05, 0) is 28.4 Å². The van der Waals surface area contributed by atoms with Crippen LogP contribution in [0.4, 0.5) is 0 Å². The highest BCUT2D eigenvalue weighted by atomic mass is 79.9. The fourth-order valence-corrected chi connectivity index (χ4v) is 1.67. The summed E-state index contributed by atoms with van der Waals surface area (Å²) in [4.78, 5) is 0. The van der Waals surface area contributed by atoms with Crippen LogP contribution in [0.3, 0.4) is 0 Å². The Hall–Kier alpha value is -0.510. The van der Waals surface area contributed by atoms with Crippen LogP contribution < -0.4 is 5.73 Å². The van der Waals surface area contributed by atoms with E-state index < -0.39 is 0 Å². The Bertz CT molecular complexity index is 354. The van der Waals surface area contributed by atoms with E-state index in [0.29, 0.717) is 21.5 Å². The molecular weight excluding hydrogens is 265 g/mol. The minimum atomic E-state index is -0.249. The quantitative estimate of drug-likeness (QED) is 0.831. The molecular formula is C10H11BrClNO. The number of hydrogen-bond acceptors (Lipinski definition) is 2. The van der Waals surface area contributed by atoms with E-state index in [9.17, 15) is 5.11 Å². The summed E-state index contributed by atoms with van der Waals surface area (Å²) in [6.07, 6.45) is 2.33. The van der Waals surface area contributed by atoms with Gasteiger partial charge in [0.1, 0.15) is 5.75 Å². The number of halogens is 2. The normalized spacial score (nSPS) is 12.5. The predicted molar refractivity (Wildman–Crippen MR) is 62.6 cm³/mol. The molecule has 0 heterocycles. The molecule has 1 aromatic rings. The maximum Gasteiger partial charge on any atom is 0.136 e. The van der Waals surface area contributed by atoms with Crippen LogP contribution in [0.5, 0.6) is 5.75 Å². The molecule has 0 aliphatic rings. The van der Waals surface area contributed by atoms with Gasteiger partial charge in [0.2, 0.25) is 0 Å². The second-order valence-corrected chi connectivity index (χ2v) is 4.13. The molecule has 0 saturated heterocycles. The zero-order valence-corrected chi connectivity index (χ0v) is 9.85. The lowest BCUT2D eigenvalue weighted by Gasteiger charge is -2.13. The summed E-state index contributed by atoms with van der Waals surface area (Å²) in [6, 6.07) is 3.17. The number of phenols is 1. The molecule has 0 bridgehead atoms. The second kappa shape index (κ2) is 4.82. The molecule has 0 aromatic heterocycles. The first-order valence-corrected chi connectivity index (χ1v) is 5.28. The van der Waals surface area contributed by atoms with Gasteiger partial charge < -0.3 is 10.8 Å². The molecule has 0 unspecified atom stereocenters. The first-order chi connectivity index (χ1) is 6.57. The summed E-state index contributed by atoms with van der Waals surface area (Å²) in [7, 11) is 0. The molecule has 1 atom stereocenters. The van der Waals surface area contributed by atoms with Crippen LogP contribution >= 0.6 is 27.5 Å². The topological polar surface area (TPSA) is 46.2 Å². The van der Waals surface area contributed by atoms with Crippen molar-refractivity contribution in [3.8, 4) is 5.75 Å². The largest absolute Gasteiger partial charge is 0.506 e. The minimum absolute atomic E-state index is 0.104. The van der Waals surface area contributed by atoms with Crippen LogP contribution in [0.2, 0.25) is 5.02 Å². The van der Waals surface area contributed by atoms with Crippen molar-refractivity contribution in [2.24, 2.45) is 5.73 Å². The van der Waals surface area contributed by atoms with Crippen LogP contribution in [0.15, 0.2) is 29.3 Å². The summed E-state index contributed by atoms with van der Waals surface area (Å²) in [6.45, 7) is 3.60. The smallest absolute Gasteiger partial charge is 0.136 e. The van der Waals surface area contributed by atoms with E-state index in [4.69, 9.17) is 17.3 Å². The summed E-state index contributed by atoms with van der Waals surface area (Å²) in [5, 5.41) is 10.2. The van der Waals surface area contributed by atoms with Gasteiger partial charge >= 0.3 is 0 Å². The average molecular weight is 277 g/mol. The lowest BCUT2D eigenvalue weighted by Crippen LogP contribution is -2.09. The van der Waals surface area contributed by atoms with E-state index in [0.717, 1.165) is 0 Å². The lowest BCUT2D eigenvalue weighted by molar-refractivity contribution is 0.458. The molecule has 14 heavy (non-hydrogen) atoms. The van der Waals surface area contributed by atoms with Gasteiger partial charge in [-0.3, -0.25) is 0 Å². The first kappa shape index (κ1) is 11.6. The van der Waals surface area contributed by atoms with E-state index in [1.54, 1.807) is 18.2 Å². The number of rotatable bonds is 3. The molecule has 4 heteroatoms. The zero-order chi connectivity index (χ0) is 10.7. The van der Waals surface area contributed by atoms with Crippen molar-refractivity contribution in [2.75, 3.05) is 0 Å². The third-order valence-electron chi connectivity index (χ3n) is 1.92. The van der Waals surface area contributed by atoms with E-state index in [-0.39, 0.29) is 11.8 Å². The van der Waals surface area contributed by atoms with Gasteiger partial charge in [-0.25, -0.2) is 0 Å². The summed E-state index contributed by atoms with van der Waals surface area (Å²) < 4.78 is 0.483. The molecule has 0 aliphatic carbocycles. The van der Waals surface area contributed by atoms with E-state index in [1.165, 1.54) is 0 Å². The highest BCUT2D eigenvalue weighted by Crippen LogP contribution is 2.37. The van der Waals surface area contributed by atoms with Crippen LogP contribution in [0.25, 0.3) is 0 Å². The van der Waals surface area contributed by atoms with E-state index >= 15 is 0 Å². The number of hydrogen-bond donors (Lipinski definition) is 2. The highest BCUT2D eigenvalue weighted by molar-refractivity contribution is 9.10. The summed E-state index contributed by atoms with van der Waals surface area (Å²) in [5.74, 6) is 0.104. The third kappa shape index (κ3) is 2.29. The molecule has 3 N–H and O–H groups in total. The van der Waals surface area contributed by atoms with Gasteiger partial charge in [-0.15, -0.1) is 6.58 Å². The maximum atomic E-state index is 9.73. The van der Waals surface area contributed by atoms with Crippen molar-refractivity contribution in [1.82, 2.24) is 0 Å². The SMILES string of the molecule is C=CC[C@H](N)c1ccc(Cl)c(Br)c1O. The molecule has 0 spiro atoms. The predicted octanol–water partition coefficient (Wildman–Crippen LogP) is 3.38. The van der Waals surface area contributed by atoms with Gasteiger partial charge in [-0.2, -0.15) is 0 Å². The molecule has 0 saturated carbocycles. The van der Waals surface area contributed by atoms with Gasteiger partial charge in [-0.1, -0.05) is 23.7 Å². The highest BCUT2D eigenvalue weighted by Gasteiger charge is 2.13. The van der Waals surface area contributed by atoms with Gasteiger partial charge in [0, 0.05) is 11.6 Å². The monoisotopic (exact) mass is 275 g/mol. The fourth-order valence-electron chi connectivity index (χ4n) is 1.16. The van der Waals surface area contributed by atoms with Crippen molar-refractivity contribution in [3.63, 3.8) is 0 Å². The van der Waals surface area contributed by atoms with Crippen molar-refractivity contribution >= 4 is 27.5 Å². The molecule has 0 amide bonds. The van der Waals surface area contributed by atoms with Crippen LogP contribution in [-0.2, 0) is 0 Å². The lowest BCUT2D eigenvalue weighted by atomic mass is 10.0. The van der Waals surface area contributed by atoms with Crippen molar-refractivity contribution in [1.29, 1.82) is 0 Å². The van der Waals surface area contributed by atoms with E-state index in [1.807, 2.05) is 0 Å². The Morgan fingerprint density at radius 3 is 2.86 bits per heavy atom. The average Bonchev–Trinajstić information content (AvgIpc) is 2.15. The molecule has 2 nitrogen and oxygen atoms in total. The minimum Gasteiger partial charge on any atom is -0.506 e. The number of aromatic hydroxyl groups is 1. The van der Waals surface area contributed by atoms with E-state index in [2.05, 4.69) is 22.5 Å². The van der Waals surface area contributed by atoms with Gasteiger partial charge in [0.05, 0.1) is 9.50 Å². The molecule has 1 rings (SSSR count). The number of phenolic OH excluding ortho intramolecular Hbond substituents is 1. The first-order valence-electron chi connectivity index (χ1n) is 4.11. The number of nitrogens with two attached hydrogens (primary N) is 1. The van der Waals surface area contributed by atoms with Gasteiger partial charge in [0.25, 0.3) is 0 Å². The van der Waals surface area contributed by atoms with Gasteiger partial charge in [0.15, 0.2) is 0 Å². The zero-order valence-electron chi connectivity index (χ0n) is 7.50. The maximum absolute atomic E-state index is 9.73. The molecule has 0 radical (unpaired) electrons. The Morgan fingerprint density at radius 2 is 2.29 bits per heavy atom. The second-order valence-electron chi connectivity index (χ2n) is 2.93. The summed E-state index contributed by atoms with van der Waals surface area (Å²) in [5.41, 5.74) is 6.50. The molecule has 1 aromatic carbocycles. The number of benzene rings is 1. The molecule has 0 aliphatic heterocycles. The Balaban J connectivity index is 3.10. The Labute approximate surface area is 96.5 Å². The van der Waals surface area contributed by atoms with Crippen molar-refractivity contribution in [3.05, 3.63) is 39.8 Å². The Morgan fingerprint density at radius 1 is 1.64 bits per heavy atom. The molecule has 76 valence electrons. The third-order valence-corrected chi connectivity index (χ3v) is 3.27. The standard InChI is InChI=1S/C10H11BrClNO/c1-2-3-8(13)6-4-5-7(12)9(11)10(6)14/h2,4-5,8,14H,1,3,13H2/t8-/m0/s1. The Kier molecular flexibility index (Phi) is 3.98. The van der Waals surface area contributed by atoms with Crippen LogP contribution in [0, 0.1) is 0 Å². The van der Waals surface area contributed by atoms with Crippen LogP contribution in [-0.4, -0.2) is 5.11 Å². The summed E-state index contributed by atoms with van der Waals surface area (Å²) >= 11 is 8.99. The van der Waals surface area contributed by atoms with Crippen molar-refractivity contribution < 1.29 is 5.11 Å². The fraction of sp³-hybridized carbons (Fsp3) is 0.200.